The number of carboxylic acid groups (broad SMARTS) is 1. The third-order valence-electron chi connectivity index (χ3n) is 2.89. The molecule has 0 aromatic carbocycles. The fourth-order valence-corrected chi connectivity index (χ4v) is 2.16. The van der Waals surface area contributed by atoms with Gasteiger partial charge in [0.15, 0.2) is 0 Å². The molecular weight excluding hydrogens is 218 g/mol. The number of hydrogen-bond acceptors (Lipinski definition) is 2. The number of nitrogens with zero attached hydrogens (tertiary/aromatic N) is 3. The molecule has 2 aromatic heterocycles. The average molecular weight is 233 g/mol. The van der Waals surface area contributed by atoms with E-state index in [-0.39, 0.29) is 0 Å². The van der Waals surface area contributed by atoms with Crippen LogP contribution in [0.5, 0.6) is 0 Å². The lowest BCUT2D eigenvalue weighted by Crippen LogP contribution is -2.02. The van der Waals surface area contributed by atoms with Crippen LogP contribution in [0, 0.1) is 20.8 Å². The lowest BCUT2D eigenvalue weighted by molar-refractivity contribution is 0.0696. The van der Waals surface area contributed by atoms with Crippen LogP contribution in [0.15, 0.2) is 12.3 Å². The molecule has 0 aliphatic carbocycles. The highest BCUT2D eigenvalue weighted by Crippen LogP contribution is 2.22. The summed E-state index contributed by atoms with van der Waals surface area (Å²) in [5.41, 5.74) is 3.77. The van der Waals surface area contributed by atoms with Gasteiger partial charge in [0.1, 0.15) is 0 Å². The molecule has 0 spiro atoms. The predicted octanol–water partition coefficient (Wildman–Crippen LogP) is 1.83. The minimum absolute atomic E-state index is 0.339. The third kappa shape index (κ3) is 1.73. The van der Waals surface area contributed by atoms with Gasteiger partial charge in [-0.3, -0.25) is 4.68 Å². The molecule has 0 fully saturated rings. The van der Waals surface area contributed by atoms with Crippen molar-refractivity contribution in [2.45, 2.75) is 20.8 Å². The van der Waals surface area contributed by atoms with Crippen molar-refractivity contribution in [3.63, 3.8) is 0 Å². The molecule has 2 rings (SSSR count). The Labute approximate surface area is 99.3 Å². The minimum Gasteiger partial charge on any atom is -0.478 e. The highest BCUT2D eigenvalue weighted by Gasteiger charge is 2.17. The zero-order chi connectivity index (χ0) is 12.7. The van der Waals surface area contributed by atoms with E-state index in [1.54, 1.807) is 10.7 Å². The van der Waals surface area contributed by atoms with Crippen molar-refractivity contribution < 1.29 is 9.90 Å². The van der Waals surface area contributed by atoms with Gasteiger partial charge in [-0.2, -0.15) is 5.10 Å². The van der Waals surface area contributed by atoms with Crippen LogP contribution < -0.4 is 0 Å². The van der Waals surface area contributed by atoms with E-state index in [9.17, 15) is 4.79 Å². The van der Waals surface area contributed by atoms with Crippen LogP contribution in [-0.4, -0.2) is 25.4 Å². The van der Waals surface area contributed by atoms with Crippen molar-refractivity contribution in [2.24, 2.45) is 7.05 Å². The largest absolute Gasteiger partial charge is 0.478 e. The first-order valence-electron chi connectivity index (χ1n) is 5.34. The smallest absolute Gasteiger partial charge is 0.337 e. The van der Waals surface area contributed by atoms with Crippen molar-refractivity contribution in [1.82, 2.24) is 14.3 Å². The maximum Gasteiger partial charge on any atom is 0.337 e. The Kier molecular flexibility index (Phi) is 2.53. The Morgan fingerprint density at radius 1 is 1.35 bits per heavy atom. The van der Waals surface area contributed by atoms with Crippen LogP contribution in [0.2, 0.25) is 0 Å². The van der Waals surface area contributed by atoms with Gasteiger partial charge in [0, 0.05) is 24.6 Å². The lowest BCUT2D eigenvalue weighted by Gasteiger charge is -2.07. The monoisotopic (exact) mass is 233 g/mol. The van der Waals surface area contributed by atoms with Crippen molar-refractivity contribution in [2.75, 3.05) is 0 Å². The molecular formula is C12H15N3O2. The zero-order valence-corrected chi connectivity index (χ0v) is 10.4. The maximum atomic E-state index is 11.1. The summed E-state index contributed by atoms with van der Waals surface area (Å²) in [5, 5.41) is 13.4. The summed E-state index contributed by atoms with van der Waals surface area (Å²) in [6, 6.07) is 1.68. The molecule has 0 bridgehead atoms. The second-order valence-corrected chi connectivity index (χ2v) is 4.20. The van der Waals surface area contributed by atoms with Gasteiger partial charge in [0.05, 0.1) is 16.9 Å². The molecule has 90 valence electrons. The van der Waals surface area contributed by atoms with E-state index in [0.717, 1.165) is 22.8 Å². The molecule has 0 aliphatic rings. The lowest BCUT2D eigenvalue weighted by atomic mass is 10.2. The molecule has 0 radical (unpaired) electrons. The van der Waals surface area contributed by atoms with Gasteiger partial charge >= 0.3 is 5.97 Å². The van der Waals surface area contributed by atoms with E-state index >= 15 is 0 Å². The average Bonchev–Trinajstić information content (AvgIpc) is 2.67. The summed E-state index contributed by atoms with van der Waals surface area (Å²) in [6.45, 7) is 5.61. The third-order valence-corrected chi connectivity index (χ3v) is 2.89. The summed E-state index contributed by atoms with van der Waals surface area (Å²) in [7, 11) is 1.85. The molecule has 1 N–H and O–H groups in total. The molecule has 0 atom stereocenters. The second kappa shape index (κ2) is 3.76. The minimum atomic E-state index is -0.897. The van der Waals surface area contributed by atoms with Crippen molar-refractivity contribution >= 4 is 5.97 Å². The Morgan fingerprint density at radius 3 is 2.41 bits per heavy atom. The highest BCUT2D eigenvalue weighted by atomic mass is 16.4. The van der Waals surface area contributed by atoms with Crippen LogP contribution in [0.4, 0.5) is 0 Å². The van der Waals surface area contributed by atoms with Crippen LogP contribution in [-0.2, 0) is 7.05 Å². The first-order chi connectivity index (χ1) is 7.91. The van der Waals surface area contributed by atoms with Crippen molar-refractivity contribution in [3.8, 4) is 5.69 Å². The van der Waals surface area contributed by atoms with Crippen LogP contribution >= 0.6 is 0 Å². The molecule has 5 nitrogen and oxygen atoms in total. The number of aromatic nitrogens is 3. The quantitative estimate of drug-likeness (QED) is 0.860. The van der Waals surface area contributed by atoms with Gasteiger partial charge in [0.2, 0.25) is 0 Å². The molecule has 0 aliphatic heterocycles. The number of rotatable bonds is 2. The number of aryl methyl sites for hydroxylation is 3. The Bertz CT molecular complexity index is 593. The van der Waals surface area contributed by atoms with Crippen LogP contribution in [0.25, 0.3) is 5.69 Å². The van der Waals surface area contributed by atoms with Gasteiger partial charge in [-0.15, -0.1) is 0 Å². The predicted molar refractivity (Wildman–Crippen MR) is 63.7 cm³/mol. The Morgan fingerprint density at radius 2 is 2.00 bits per heavy atom. The second-order valence-electron chi connectivity index (χ2n) is 4.20. The van der Waals surface area contributed by atoms with Gasteiger partial charge in [0.25, 0.3) is 0 Å². The molecule has 0 saturated heterocycles. The molecule has 2 aromatic rings. The SMILES string of the molecule is Cc1nn(C)cc1-n1c(C)cc(C(=O)O)c1C. The van der Waals surface area contributed by atoms with E-state index in [0.29, 0.717) is 5.56 Å². The van der Waals surface area contributed by atoms with E-state index in [1.807, 2.05) is 38.6 Å². The molecule has 2 heterocycles. The highest BCUT2D eigenvalue weighted by molar-refractivity contribution is 5.89. The van der Waals surface area contributed by atoms with E-state index in [2.05, 4.69) is 5.10 Å². The number of carbonyl (C=O) groups is 1. The molecule has 17 heavy (non-hydrogen) atoms. The van der Waals surface area contributed by atoms with E-state index < -0.39 is 5.97 Å². The zero-order valence-electron chi connectivity index (χ0n) is 10.4. The van der Waals surface area contributed by atoms with Crippen molar-refractivity contribution in [1.29, 1.82) is 0 Å². The first kappa shape index (κ1) is 11.4. The number of hydrogen-bond donors (Lipinski definition) is 1. The van der Waals surface area contributed by atoms with Crippen molar-refractivity contribution in [3.05, 3.63) is 34.9 Å². The summed E-state index contributed by atoms with van der Waals surface area (Å²) in [4.78, 5) is 11.1. The van der Waals surface area contributed by atoms with Gasteiger partial charge in [-0.1, -0.05) is 0 Å². The van der Waals surface area contributed by atoms with Gasteiger partial charge < -0.3 is 9.67 Å². The Balaban J connectivity index is 2.68. The number of aromatic carboxylic acids is 1. The van der Waals surface area contributed by atoms with E-state index in [4.69, 9.17) is 5.11 Å². The fraction of sp³-hybridized carbons (Fsp3) is 0.333. The topological polar surface area (TPSA) is 60.0 Å². The summed E-state index contributed by atoms with van der Waals surface area (Å²) in [5.74, 6) is -0.897. The van der Waals surface area contributed by atoms with E-state index in [1.165, 1.54) is 0 Å². The molecule has 0 saturated carbocycles. The maximum absolute atomic E-state index is 11.1. The molecule has 0 unspecified atom stereocenters. The van der Waals surface area contributed by atoms with Crippen LogP contribution in [0.1, 0.15) is 27.4 Å². The number of carboxylic acids is 1. The standard InChI is InChI=1S/C12H15N3O2/c1-7-5-10(12(16)17)9(3)15(7)11-6-14(4)13-8(11)2/h5-6H,1-4H3,(H,16,17). The summed E-state index contributed by atoms with van der Waals surface area (Å²) < 4.78 is 3.65. The van der Waals surface area contributed by atoms with Gasteiger partial charge in [-0.05, 0) is 26.8 Å². The summed E-state index contributed by atoms with van der Waals surface area (Å²) >= 11 is 0. The molecule has 0 amide bonds. The fourth-order valence-electron chi connectivity index (χ4n) is 2.16. The van der Waals surface area contributed by atoms with Crippen LogP contribution in [0.3, 0.4) is 0 Å². The molecule has 5 heteroatoms. The normalized spacial score (nSPS) is 10.8. The summed E-state index contributed by atoms with van der Waals surface area (Å²) in [6.07, 6.45) is 1.89. The Hall–Kier alpha value is -2.04. The first-order valence-corrected chi connectivity index (χ1v) is 5.34. The van der Waals surface area contributed by atoms with Gasteiger partial charge in [-0.25, -0.2) is 4.79 Å².